The molecule has 1 heterocycles. The Hall–Kier alpha value is -3.15. The molecule has 9 nitrogen and oxygen atoms in total. The summed E-state index contributed by atoms with van der Waals surface area (Å²) in [5, 5.41) is 14.2. The van der Waals surface area contributed by atoms with Gasteiger partial charge in [-0.05, 0) is 43.3 Å². The third-order valence-electron chi connectivity index (χ3n) is 4.40. The van der Waals surface area contributed by atoms with Crippen molar-refractivity contribution < 1.29 is 18.0 Å². The van der Waals surface area contributed by atoms with Gasteiger partial charge in [-0.25, -0.2) is 13.1 Å². The zero-order chi connectivity index (χ0) is 23.1. The minimum absolute atomic E-state index is 0.107. The van der Waals surface area contributed by atoms with Crippen LogP contribution in [0.15, 0.2) is 53.4 Å². The van der Waals surface area contributed by atoms with Crippen LogP contribution in [-0.4, -0.2) is 37.0 Å². The van der Waals surface area contributed by atoms with E-state index in [-0.39, 0.29) is 23.3 Å². The van der Waals surface area contributed by atoms with Gasteiger partial charge in [0.05, 0.1) is 4.90 Å². The molecule has 11 heteroatoms. The van der Waals surface area contributed by atoms with Gasteiger partial charge in [0.2, 0.25) is 21.1 Å². The smallest absolute Gasteiger partial charge is 0.257 e. The van der Waals surface area contributed by atoms with Crippen LogP contribution in [0.5, 0.6) is 0 Å². The van der Waals surface area contributed by atoms with Crippen molar-refractivity contribution >= 4 is 44.0 Å². The Balaban J connectivity index is 1.51. The first-order valence-electron chi connectivity index (χ1n) is 9.87. The highest BCUT2D eigenvalue weighted by Gasteiger charge is 2.14. The second kappa shape index (κ2) is 10.4. The van der Waals surface area contributed by atoms with Gasteiger partial charge in [0.25, 0.3) is 5.91 Å². The van der Waals surface area contributed by atoms with Gasteiger partial charge in [-0.3, -0.25) is 14.9 Å². The lowest BCUT2D eigenvalue weighted by atomic mass is 10.2. The molecule has 3 aromatic rings. The number of hydrogen-bond donors (Lipinski definition) is 3. The highest BCUT2D eigenvalue weighted by atomic mass is 32.2. The van der Waals surface area contributed by atoms with Crippen LogP contribution in [0.3, 0.4) is 0 Å². The molecule has 1 aromatic heterocycles. The normalized spacial score (nSPS) is 11.2. The zero-order valence-electron chi connectivity index (χ0n) is 17.6. The fourth-order valence-electron chi connectivity index (χ4n) is 2.62. The number of carbonyl (C=O) groups is 2. The predicted octanol–water partition coefficient (Wildman–Crippen LogP) is 2.97. The molecule has 2 amide bonds. The fourth-order valence-corrected chi connectivity index (χ4v) is 4.39. The summed E-state index contributed by atoms with van der Waals surface area (Å²) in [6.45, 7) is 3.80. The Labute approximate surface area is 190 Å². The molecule has 3 rings (SSSR count). The Morgan fingerprint density at radius 1 is 0.969 bits per heavy atom. The van der Waals surface area contributed by atoms with E-state index >= 15 is 0 Å². The molecule has 0 spiro atoms. The van der Waals surface area contributed by atoms with Crippen molar-refractivity contribution in [2.24, 2.45) is 0 Å². The quantitative estimate of drug-likeness (QED) is 0.438. The van der Waals surface area contributed by atoms with Crippen molar-refractivity contribution in [2.45, 2.75) is 31.6 Å². The fraction of sp³-hybridized carbons (Fsp3) is 0.238. The van der Waals surface area contributed by atoms with E-state index in [1.54, 1.807) is 55.5 Å². The number of benzene rings is 2. The molecule has 0 radical (unpaired) electrons. The summed E-state index contributed by atoms with van der Waals surface area (Å²) in [6.07, 6.45) is 0.708. The molecule has 32 heavy (non-hydrogen) atoms. The number of carbonyl (C=O) groups excluding carboxylic acids is 2. The maximum Gasteiger partial charge on any atom is 0.257 e. The van der Waals surface area contributed by atoms with Crippen molar-refractivity contribution in [3.63, 3.8) is 0 Å². The minimum Gasteiger partial charge on any atom is -0.326 e. The summed E-state index contributed by atoms with van der Waals surface area (Å²) >= 11 is 1.17. The van der Waals surface area contributed by atoms with Crippen molar-refractivity contribution in [1.82, 2.24) is 14.9 Å². The van der Waals surface area contributed by atoms with E-state index in [0.717, 1.165) is 5.56 Å². The largest absolute Gasteiger partial charge is 0.326 e. The molecular formula is C21H23N5O4S2. The first-order chi connectivity index (χ1) is 15.3. The number of anilines is 2. The molecule has 0 atom stereocenters. The summed E-state index contributed by atoms with van der Waals surface area (Å²) < 4.78 is 27.2. The Kier molecular flexibility index (Phi) is 7.67. The molecule has 0 saturated carbocycles. The van der Waals surface area contributed by atoms with Crippen LogP contribution in [0, 0.1) is 6.92 Å². The number of aryl methyl sites for hydroxylation is 1. The first kappa shape index (κ1) is 23.5. The molecule has 2 aromatic carbocycles. The third kappa shape index (κ3) is 6.42. The van der Waals surface area contributed by atoms with E-state index in [1.165, 1.54) is 11.3 Å². The molecular weight excluding hydrogens is 450 g/mol. The Morgan fingerprint density at radius 3 is 2.31 bits per heavy atom. The van der Waals surface area contributed by atoms with Crippen LogP contribution >= 0.6 is 11.3 Å². The van der Waals surface area contributed by atoms with Crippen LogP contribution in [0.25, 0.3) is 0 Å². The number of sulfonamides is 1. The van der Waals surface area contributed by atoms with Gasteiger partial charge in [0.1, 0.15) is 5.01 Å². The Bertz CT molecular complexity index is 1190. The average Bonchev–Trinajstić information content (AvgIpc) is 3.21. The molecule has 0 saturated heterocycles. The van der Waals surface area contributed by atoms with Gasteiger partial charge in [-0.2, -0.15) is 0 Å². The maximum absolute atomic E-state index is 12.4. The number of nitrogens with one attached hydrogen (secondary N) is 3. The van der Waals surface area contributed by atoms with Crippen LogP contribution in [0.1, 0.15) is 34.3 Å². The van der Waals surface area contributed by atoms with Crippen molar-refractivity contribution in [1.29, 1.82) is 0 Å². The molecule has 0 bridgehead atoms. The zero-order valence-corrected chi connectivity index (χ0v) is 19.2. The summed E-state index contributed by atoms with van der Waals surface area (Å²) in [7, 11) is -3.60. The van der Waals surface area contributed by atoms with Gasteiger partial charge in [-0.1, -0.05) is 36.0 Å². The number of nitrogens with zero attached hydrogens (tertiary/aromatic N) is 2. The van der Waals surface area contributed by atoms with Gasteiger partial charge in [0.15, 0.2) is 0 Å². The highest BCUT2D eigenvalue weighted by molar-refractivity contribution is 7.89. The Morgan fingerprint density at radius 2 is 1.66 bits per heavy atom. The number of rotatable bonds is 9. The summed E-state index contributed by atoms with van der Waals surface area (Å²) in [4.78, 5) is 24.0. The molecule has 0 unspecified atom stereocenters. The van der Waals surface area contributed by atoms with E-state index in [2.05, 4.69) is 25.6 Å². The summed E-state index contributed by atoms with van der Waals surface area (Å²) in [5.41, 5.74) is 1.99. The lowest BCUT2D eigenvalue weighted by Crippen LogP contribution is -2.25. The van der Waals surface area contributed by atoms with E-state index < -0.39 is 10.0 Å². The standard InChI is InChI=1S/C21H23N5O4S2/c1-3-18(27)23-16-8-6-15(7-9-16)20(28)24-21-26-25-19(31-21)12-13-22-32(29,30)17-10-4-14(2)5-11-17/h4-11,22H,3,12-13H2,1-2H3,(H,23,27)(H,24,26,28). The van der Waals surface area contributed by atoms with Crippen LogP contribution < -0.4 is 15.4 Å². The first-order valence-corrected chi connectivity index (χ1v) is 12.2. The number of aromatic nitrogens is 2. The van der Waals surface area contributed by atoms with Crippen molar-refractivity contribution in [2.75, 3.05) is 17.2 Å². The molecule has 0 aliphatic rings. The number of amides is 2. The van der Waals surface area contributed by atoms with Gasteiger partial charge >= 0.3 is 0 Å². The van der Waals surface area contributed by atoms with Crippen molar-refractivity contribution in [3.05, 3.63) is 64.7 Å². The average molecular weight is 474 g/mol. The second-order valence-electron chi connectivity index (χ2n) is 6.89. The monoisotopic (exact) mass is 473 g/mol. The van der Waals surface area contributed by atoms with Crippen molar-refractivity contribution in [3.8, 4) is 0 Å². The third-order valence-corrected chi connectivity index (χ3v) is 6.78. The van der Waals surface area contributed by atoms with E-state index in [9.17, 15) is 18.0 Å². The molecule has 0 aliphatic heterocycles. The lowest BCUT2D eigenvalue weighted by molar-refractivity contribution is -0.115. The van der Waals surface area contributed by atoms with E-state index in [1.807, 2.05) is 6.92 Å². The topological polar surface area (TPSA) is 130 Å². The SMILES string of the molecule is CCC(=O)Nc1ccc(C(=O)Nc2nnc(CCNS(=O)(=O)c3ccc(C)cc3)s2)cc1. The van der Waals surface area contributed by atoms with Crippen LogP contribution in [-0.2, 0) is 21.2 Å². The van der Waals surface area contributed by atoms with Crippen LogP contribution in [0.4, 0.5) is 10.8 Å². The summed E-state index contributed by atoms with van der Waals surface area (Å²) in [6, 6.07) is 13.1. The predicted molar refractivity (Wildman–Crippen MR) is 123 cm³/mol. The maximum atomic E-state index is 12.4. The van der Waals surface area contributed by atoms with Gasteiger partial charge in [-0.15, -0.1) is 10.2 Å². The second-order valence-corrected chi connectivity index (χ2v) is 9.72. The van der Waals surface area contributed by atoms with Crippen LogP contribution in [0.2, 0.25) is 0 Å². The molecule has 168 valence electrons. The molecule has 0 aliphatic carbocycles. The van der Waals surface area contributed by atoms with E-state index in [0.29, 0.717) is 34.2 Å². The number of hydrogen-bond acceptors (Lipinski definition) is 7. The minimum atomic E-state index is -3.60. The highest BCUT2D eigenvalue weighted by Crippen LogP contribution is 2.18. The lowest BCUT2D eigenvalue weighted by Gasteiger charge is -2.06. The van der Waals surface area contributed by atoms with Gasteiger partial charge in [0, 0.05) is 30.6 Å². The van der Waals surface area contributed by atoms with E-state index in [4.69, 9.17) is 0 Å². The molecule has 0 fully saturated rings. The summed E-state index contributed by atoms with van der Waals surface area (Å²) in [5.74, 6) is -0.467. The van der Waals surface area contributed by atoms with Gasteiger partial charge < -0.3 is 5.32 Å². The molecule has 3 N–H and O–H groups in total.